The number of rotatable bonds is 6. The van der Waals surface area contributed by atoms with Crippen molar-refractivity contribution in [3.63, 3.8) is 0 Å². The van der Waals surface area contributed by atoms with Crippen LogP contribution in [0.15, 0.2) is 51.6 Å². The van der Waals surface area contributed by atoms with Crippen molar-refractivity contribution in [2.24, 2.45) is 0 Å². The summed E-state index contributed by atoms with van der Waals surface area (Å²) < 4.78 is 15.8. The van der Waals surface area contributed by atoms with E-state index in [2.05, 4.69) is 10.1 Å². The van der Waals surface area contributed by atoms with Crippen molar-refractivity contribution in [2.75, 3.05) is 0 Å². The first-order valence-corrected chi connectivity index (χ1v) is 6.89. The van der Waals surface area contributed by atoms with Gasteiger partial charge in [0, 0.05) is 12.0 Å². The molecule has 3 aromatic rings. The van der Waals surface area contributed by atoms with E-state index in [9.17, 15) is 4.79 Å². The van der Waals surface area contributed by atoms with Crippen molar-refractivity contribution in [3.8, 4) is 17.4 Å². The second-order valence-electron chi connectivity index (χ2n) is 4.58. The normalized spacial score (nSPS) is 10.6. The summed E-state index contributed by atoms with van der Waals surface area (Å²) in [6.45, 7) is 2.00. The van der Waals surface area contributed by atoms with Crippen LogP contribution in [0.2, 0.25) is 0 Å². The van der Waals surface area contributed by atoms with E-state index in [1.54, 1.807) is 36.4 Å². The van der Waals surface area contributed by atoms with Crippen molar-refractivity contribution in [1.29, 1.82) is 0 Å². The highest BCUT2D eigenvalue weighted by atomic mass is 16.5. The SMILES string of the molecule is CCC(=O)c1ccc(OCc2noc(-c3ccco3)n2)cc1. The third-order valence-electron chi connectivity index (χ3n) is 3.07. The third kappa shape index (κ3) is 3.06. The Morgan fingerprint density at radius 2 is 2.05 bits per heavy atom. The average molecular weight is 298 g/mol. The molecule has 0 fully saturated rings. The van der Waals surface area contributed by atoms with E-state index in [-0.39, 0.29) is 12.4 Å². The van der Waals surface area contributed by atoms with Gasteiger partial charge >= 0.3 is 0 Å². The molecule has 0 saturated carbocycles. The maximum absolute atomic E-state index is 11.5. The lowest BCUT2D eigenvalue weighted by Crippen LogP contribution is -1.99. The monoisotopic (exact) mass is 298 g/mol. The molecule has 0 aliphatic heterocycles. The molecule has 0 spiro atoms. The van der Waals surface area contributed by atoms with Gasteiger partial charge in [0.25, 0.3) is 5.89 Å². The van der Waals surface area contributed by atoms with Gasteiger partial charge in [-0.3, -0.25) is 4.79 Å². The smallest absolute Gasteiger partial charge is 0.293 e. The predicted molar refractivity (Wildman–Crippen MR) is 77.4 cm³/mol. The van der Waals surface area contributed by atoms with Crippen molar-refractivity contribution in [1.82, 2.24) is 10.1 Å². The molecule has 0 atom stereocenters. The number of benzene rings is 1. The van der Waals surface area contributed by atoms with E-state index in [0.717, 1.165) is 0 Å². The van der Waals surface area contributed by atoms with Crippen LogP contribution in [-0.4, -0.2) is 15.9 Å². The summed E-state index contributed by atoms with van der Waals surface area (Å²) in [5.74, 6) is 1.98. The van der Waals surface area contributed by atoms with E-state index in [0.29, 0.717) is 35.2 Å². The molecule has 1 aromatic carbocycles. The largest absolute Gasteiger partial charge is 0.485 e. The molecule has 6 nitrogen and oxygen atoms in total. The molecule has 0 aliphatic carbocycles. The highest BCUT2D eigenvalue weighted by Crippen LogP contribution is 2.18. The zero-order valence-electron chi connectivity index (χ0n) is 12.0. The molecule has 0 radical (unpaired) electrons. The quantitative estimate of drug-likeness (QED) is 0.648. The number of aromatic nitrogens is 2. The molecule has 0 aliphatic rings. The third-order valence-corrected chi connectivity index (χ3v) is 3.07. The minimum atomic E-state index is 0.104. The fourth-order valence-corrected chi connectivity index (χ4v) is 1.90. The second kappa shape index (κ2) is 6.26. The maximum atomic E-state index is 11.5. The zero-order chi connectivity index (χ0) is 15.4. The van der Waals surface area contributed by atoms with Crippen LogP contribution < -0.4 is 4.74 Å². The van der Waals surface area contributed by atoms with Gasteiger partial charge < -0.3 is 13.7 Å². The fourth-order valence-electron chi connectivity index (χ4n) is 1.90. The first-order chi connectivity index (χ1) is 10.8. The van der Waals surface area contributed by atoms with Gasteiger partial charge in [-0.2, -0.15) is 4.98 Å². The maximum Gasteiger partial charge on any atom is 0.293 e. The molecule has 0 unspecified atom stereocenters. The number of hydrogen-bond donors (Lipinski definition) is 0. The highest BCUT2D eigenvalue weighted by molar-refractivity contribution is 5.95. The molecule has 0 amide bonds. The van der Waals surface area contributed by atoms with E-state index in [1.807, 2.05) is 6.92 Å². The number of Topliss-reactive ketones (excluding diaryl/α,β-unsaturated/α-hetero) is 1. The topological polar surface area (TPSA) is 78.4 Å². The Morgan fingerprint density at radius 1 is 1.23 bits per heavy atom. The van der Waals surface area contributed by atoms with Crippen LogP contribution in [0.25, 0.3) is 11.7 Å². The van der Waals surface area contributed by atoms with Gasteiger partial charge in [0.2, 0.25) is 5.82 Å². The van der Waals surface area contributed by atoms with Crippen molar-refractivity contribution in [3.05, 3.63) is 54.0 Å². The molecule has 22 heavy (non-hydrogen) atoms. The molecular formula is C16H14N2O4. The number of ether oxygens (including phenoxy) is 1. The molecule has 112 valence electrons. The number of nitrogens with zero attached hydrogens (tertiary/aromatic N) is 2. The number of carbonyl (C=O) groups is 1. The summed E-state index contributed by atoms with van der Waals surface area (Å²) in [5.41, 5.74) is 0.675. The predicted octanol–water partition coefficient (Wildman–Crippen LogP) is 3.50. The Balaban J connectivity index is 1.62. The summed E-state index contributed by atoms with van der Waals surface area (Å²) in [4.78, 5) is 15.7. The van der Waals surface area contributed by atoms with Crippen molar-refractivity contribution >= 4 is 5.78 Å². The summed E-state index contributed by atoms with van der Waals surface area (Å²) in [5, 5.41) is 3.82. The first kappa shape index (κ1) is 14.1. The van der Waals surface area contributed by atoms with Gasteiger partial charge in [-0.15, -0.1) is 0 Å². The van der Waals surface area contributed by atoms with Crippen LogP contribution in [0.5, 0.6) is 5.75 Å². The molecule has 2 aromatic heterocycles. The molecule has 0 N–H and O–H groups in total. The Kier molecular flexibility index (Phi) is 4.00. The Bertz CT molecular complexity index is 745. The number of hydrogen-bond acceptors (Lipinski definition) is 6. The zero-order valence-corrected chi connectivity index (χ0v) is 12.0. The van der Waals surface area contributed by atoms with Gasteiger partial charge in [-0.1, -0.05) is 12.1 Å². The Morgan fingerprint density at radius 3 is 2.73 bits per heavy atom. The minimum absolute atomic E-state index is 0.104. The molecule has 6 heteroatoms. The lowest BCUT2D eigenvalue weighted by atomic mass is 10.1. The van der Waals surface area contributed by atoms with Gasteiger partial charge in [-0.25, -0.2) is 0 Å². The molecule has 0 saturated heterocycles. The Labute approximate surface area is 126 Å². The summed E-state index contributed by atoms with van der Waals surface area (Å²) >= 11 is 0. The van der Waals surface area contributed by atoms with Gasteiger partial charge in [0.1, 0.15) is 5.75 Å². The van der Waals surface area contributed by atoms with Gasteiger partial charge in [0.15, 0.2) is 18.2 Å². The first-order valence-electron chi connectivity index (χ1n) is 6.89. The van der Waals surface area contributed by atoms with Crippen LogP contribution in [0.3, 0.4) is 0 Å². The van der Waals surface area contributed by atoms with E-state index in [1.165, 1.54) is 6.26 Å². The number of furan rings is 1. The molecular weight excluding hydrogens is 284 g/mol. The fraction of sp³-hybridized carbons (Fsp3) is 0.188. The average Bonchev–Trinajstić information content (AvgIpc) is 3.23. The van der Waals surface area contributed by atoms with E-state index >= 15 is 0 Å². The van der Waals surface area contributed by atoms with E-state index in [4.69, 9.17) is 13.7 Å². The van der Waals surface area contributed by atoms with Crippen LogP contribution in [0.1, 0.15) is 29.5 Å². The molecule has 2 heterocycles. The summed E-state index contributed by atoms with van der Waals surface area (Å²) in [7, 11) is 0. The molecule has 0 bridgehead atoms. The van der Waals surface area contributed by atoms with Crippen LogP contribution >= 0.6 is 0 Å². The minimum Gasteiger partial charge on any atom is -0.485 e. The van der Waals surface area contributed by atoms with Gasteiger partial charge in [0.05, 0.1) is 6.26 Å². The number of ketones is 1. The lowest BCUT2D eigenvalue weighted by Gasteiger charge is -2.04. The number of carbonyl (C=O) groups excluding carboxylic acids is 1. The van der Waals surface area contributed by atoms with Crippen molar-refractivity contribution in [2.45, 2.75) is 20.0 Å². The van der Waals surface area contributed by atoms with E-state index < -0.39 is 0 Å². The standard InChI is InChI=1S/C16H14N2O4/c1-2-13(19)11-5-7-12(8-6-11)21-10-15-17-16(22-18-15)14-4-3-9-20-14/h3-9H,2,10H2,1H3. The van der Waals surface area contributed by atoms with Crippen molar-refractivity contribution < 1.29 is 18.5 Å². The summed E-state index contributed by atoms with van der Waals surface area (Å²) in [6, 6.07) is 10.5. The second-order valence-corrected chi connectivity index (χ2v) is 4.58. The van der Waals surface area contributed by atoms with Crippen LogP contribution in [0.4, 0.5) is 0 Å². The van der Waals surface area contributed by atoms with Crippen LogP contribution in [0, 0.1) is 0 Å². The molecule has 3 rings (SSSR count). The van der Waals surface area contributed by atoms with Crippen LogP contribution in [-0.2, 0) is 6.61 Å². The Hall–Kier alpha value is -2.89. The highest BCUT2D eigenvalue weighted by Gasteiger charge is 2.11. The summed E-state index contributed by atoms with van der Waals surface area (Å²) in [6.07, 6.45) is 2.02. The lowest BCUT2D eigenvalue weighted by molar-refractivity contribution is 0.0988. The van der Waals surface area contributed by atoms with Gasteiger partial charge in [-0.05, 0) is 36.4 Å².